The highest BCUT2D eigenvalue weighted by atomic mass is 19.1. The SMILES string of the molecule is O=C(Nc1ccccc1F)[C@@H]1C[C@H]1c1ccccc1. The van der Waals surface area contributed by atoms with Crippen LogP contribution in [0.2, 0.25) is 0 Å². The fourth-order valence-electron chi connectivity index (χ4n) is 2.34. The van der Waals surface area contributed by atoms with Crippen LogP contribution in [0.15, 0.2) is 54.6 Å². The van der Waals surface area contributed by atoms with Crippen molar-refractivity contribution in [2.45, 2.75) is 12.3 Å². The highest BCUT2D eigenvalue weighted by Crippen LogP contribution is 2.47. The Kier molecular flexibility index (Phi) is 3.03. The van der Waals surface area contributed by atoms with E-state index in [1.165, 1.54) is 11.6 Å². The number of para-hydroxylation sites is 1. The number of carbonyl (C=O) groups excluding carboxylic acids is 1. The van der Waals surface area contributed by atoms with E-state index >= 15 is 0 Å². The standard InChI is InChI=1S/C16H14FNO/c17-14-8-4-5-9-15(14)18-16(19)13-10-12(13)11-6-2-1-3-7-11/h1-9,12-13H,10H2,(H,18,19)/t12-,13+/m0/s1. The number of hydrogen-bond acceptors (Lipinski definition) is 1. The Hall–Kier alpha value is -2.16. The molecule has 1 saturated carbocycles. The van der Waals surface area contributed by atoms with Crippen LogP contribution in [0.5, 0.6) is 0 Å². The fourth-order valence-corrected chi connectivity index (χ4v) is 2.34. The molecule has 0 radical (unpaired) electrons. The molecule has 2 aromatic carbocycles. The molecule has 1 fully saturated rings. The number of hydrogen-bond donors (Lipinski definition) is 1. The van der Waals surface area contributed by atoms with E-state index in [1.807, 2.05) is 30.3 Å². The van der Waals surface area contributed by atoms with Crippen molar-refractivity contribution in [1.82, 2.24) is 0 Å². The minimum Gasteiger partial charge on any atom is -0.323 e. The fraction of sp³-hybridized carbons (Fsp3) is 0.188. The van der Waals surface area contributed by atoms with Gasteiger partial charge < -0.3 is 5.32 Å². The number of benzene rings is 2. The summed E-state index contributed by atoms with van der Waals surface area (Å²) in [5.74, 6) is -0.262. The van der Waals surface area contributed by atoms with Crippen LogP contribution in [0.3, 0.4) is 0 Å². The van der Waals surface area contributed by atoms with Gasteiger partial charge >= 0.3 is 0 Å². The summed E-state index contributed by atoms with van der Waals surface area (Å²) in [5, 5.41) is 2.66. The van der Waals surface area contributed by atoms with Crippen molar-refractivity contribution in [3.63, 3.8) is 0 Å². The topological polar surface area (TPSA) is 29.1 Å². The lowest BCUT2D eigenvalue weighted by Gasteiger charge is -2.05. The monoisotopic (exact) mass is 255 g/mol. The molecular weight excluding hydrogens is 241 g/mol. The van der Waals surface area contributed by atoms with E-state index < -0.39 is 5.82 Å². The summed E-state index contributed by atoms with van der Waals surface area (Å²) < 4.78 is 13.4. The molecule has 3 heteroatoms. The molecule has 1 N–H and O–H groups in total. The maximum absolute atomic E-state index is 13.4. The molecule has 96 valence electrons. The van der Waals surface area contributed by atoms with E-state index in [0.717, 1.165) is 6.42 Å². The largest absolute Gasteiger partial charge is 0.323 e. The summed E-state index contributed by atoms with van der Waals surface area (Å²) in [6, 6.07) is 16.2. The molecule has 3 rings (SSSR count). The van der Waals surface area contributed by atoms with Gasteiger partial charge in [0.15, 0.2) is 0 Å². The van der Waals surface area contributed by atoms with Crippen LogP contribution in [0, 0.1) is 11.7 Å². The molecule has 19 heavy (non-hydrogen) atoms. The van der Waals surface area contributed by atoms with Crippen molar-refractivity contribution in [1.29, 1.82) is 0 Å². The maximum Gasteiger partial charge on any atom is 0.228 e. The predicted octanol–water partition coefficient (Wildman–Crippen LogP) is 3.57. The Morgan fingerprint density at radius 1 is 1.05 bits per heavy atom. The Balaban J connectivity index is 1.66. The third kappa shape index (κ3) is 2.50. The van der Waals surface area contributed by atoms with E-state index in [0.29, 0.717) is 0 Å². The summed E-state index contributed by atoms with van der Waals surface area (Å²) in [5.41, 5.74) is 1.43. The van der Waals surface area contributed by atoms with Gasteiger partial charge in [-0.3, -0.25) is 4.79 Å². The van der Waals surface area contributed by atoms with Gasteiger partial charge in [-0.2, -0.15) is 0 Å². The first-order chi connectivity index (χ1) is 9.25. The van der Waals surface area contributed by atoms with E-state index in [2.05, 4.69) is 5.32 Å². The molecular formula is C16H14FNO. The molecule has 0 aromatic heterocycles. The molecule has 2 aromatic rings. The summed E-state index contributed by atoms with van der Waals surface area (Å²) in [6.45, 7) is 0. The normalized spacial score (nSPS) is 20.9. The maximum atomic E-state index is 13.4. The van der Waals surface area contributed by atoms with Crippen LogP contribution in [-0.2, 0) is 4.79 Å². The Morgan fingerprint density at radius 2 is 1.74 bits per heavy atom. The number of halogens is 1. The Bertz CT molecular complexity index is 597. The molecule has 2 atom stereocenters. The molecule has 1 amide bonds. The smallest absolute Gasteiger partial charge is 0.228 e. The zero-order chi connectivity index (χ0) is 13.2. The van der Waals surface area contributed by atoms with Crippen molar-refractivity contribution in [3.05, 3.63) is 66.0 Å². The molecule has 1 aliphatic carbocycles. The summed E-state index contributed by atoms with van der Waals surface area (Å²) >= 11 is 0. The number of amides is 1. The van der Waals surface area contributed by atoms with Crippen molar-refractivity contribution in [2.24, 2.45) is 5.92 Å². The minimum absolute atomic E-state index is 0.0398. The van der Waals surface area contributed by atoms with Crippen molar-refractivity contribution < 1.29 is 9.18 Å². The lowest BCUT2D eigenvalue weighted by molar-refractivity contribution is -0.117. The second-order valence-corrected chi connectivity index (χ2v) is 4.83. The van der Waals surface area contributed by atoms with Crippen LogP contribution in [-0.4, -0.2) is 5.91 Å². The van der Waals surface area contributed by atoms with Crippen molar-refractivity contribution in [3.8, 4) is 0 Å². The van der Waals surface area contributed by atoms with Gasteiger partial charge in [0.05, 0.1) is 5.69 Å². The van der Waals surface area contributed by atoms with Crippen LogP contribution >= 0.6 is 0 Å². The van der Waals surface area contributed by atoms with Gasteiger partial charge in [0, 0.05) is 5.92 Å². The van der Waals surface area contributed by atoms with Crippen molar-refractivity contribution >= 4 is 11.6 Å². The lowest BCUT2D eigenvalue weighted by atomic mass is 10.1. The minimum atomic E-state index is -0.396. The molecule has 1 aliphatic rings. The Morgan fingerprint density at radius 3 is 2.47 bits per heavy atom. The second-order valence-electron chi connectivity index (χ2n) is 4.83. The van der Waals surface area contributed by atoms with Gasteiger partial charge in [-0.1, -0.05) is 42.5 Å². The first-order valence-corrected chi connectivity index (χ1v) is 6.36. The number of rotatable bonds is 3. The molecule has 0 saturated heterocycles. The zero-order valence-corrected chi connectivity index (χ0v) is 10.3. The molecule has 0 spiro atoms. The van der Waals surface area contributed by atoms with Gasteiger partial charge in [0.25, 0.3) is 0 Å². The van der Waals surface area contributed by atoms with Gasteiger partial charge in [-0.05, 0) is 30.0 Å². The van der Waals surface area contributed by atoms with E-state index in [-0.39, 0.29) is 23.4 Å². The highest BCUT2D eigenvalue weighted by molar-refractivity contribution is 5.95. The van der Waals surface area contributed by atoms with Crippen molar-refractivity contribution in [2.75, 3.05) is 5.32 Å². The van der Waals surface area contributed by atoms with Gasteiger partial charge in [-0.25, -0.2) is 4.39 Å². The number of carbonyl (C=O) groups is 1. The van der Waals surface area contributed by atoms with Gasteiger partial charge in [-0.15, -0.1) is 0 Å². The molecule has 0 unspecified atom stereocenters. The second kappa shape index (κ2) is 4.84. The Labute approximate surface area is 111 Å². The average Bonchev–Trinajstić information content (AvgIpc) is 3.23. The first kappa shape index (κ1) is 11.9. The van der Waals surface area contributed by atoms with Crippen LogP contribution in [0.4, 0.5) is 10.1 Å². The van der Waals surface area contributed by atoms with Gasteiger partial charge in [0.2, 0.25) is 5.91 Å². The third-order valence-corrected chi connectivity index (χ3v) is 3.49. The summed E-state index contributed by atoms with van der Waals surface area (Å²) in [4.78, 5) is 12.0. The number of anilines is 1. The first-order valence-electron chi connectivity index (χ1n) is 6.36. The van der Waals surface area contributed by atoms with Gasteiger partial charge in [0.1, 0.15) is 5.82 Å². The highest BCUT2D eigenvalue weighted by Gasteiger charge is 2.43. The third-order valence-electron chi connectivity index (χ3n) is 3.49. The molecule has 0 aliphatic heterocycles. The van der Waals surface area contributed by atoms with E-state index in [9.17, 15) is 9.18 Å². The van der Waals surface area contributed by atoms with E-state index in [1.54, 1.807) is 18.2 Å². The summed E-state index contributed by atoms with van der Waals surface area (Å²) in [6.07, 6.45) is 0.838. The summed E-state index contributed by atoms with van der Waals surface area (Å²) in [7, 11) is 0. The predicted molar refractivity (Wildman–Crippen MR) is 72.3 cm³/mol. The van der Waals surface area contributed by atoms with Crippen LogP contribution in [0.25, 0.3) is 0 Å². The molecule has 0 heterocycles. The van der Waals surface area contributed by atoms with Crippen LogP contribution in [0.1, 0.15) is 17.9 Å². The average molecular weight is 255 g/mol. The van der Waals surface area contributed by atoms with E-state index in [4.69, 9.17) is 0 Å². The molecule has 2 nitrogen and oxygen atoms in total. The quantitative estimate of drug-likeness (QED) is 0.892. The zero-order valence-electron chi connectivity index (χ0n) is 10.3. The number of nitrogens with one attached hydrogen (secondary N) is 1. The van der Waals surface area contributed by atoms with Crippen LogP contribution < -0.4 is 5.32 Å². The lowest BCUT2D eigenvalue weighted by Crippen LogP contribution is -2.15. The molecule has 0 bridgehead atoms.